The Morgan fingerprint density at radius 2 is 1.86 bits per heavy atom. The number of hydrogen-bond acceptors (Lipinski definition) is 2. The van der Waals surface area contributed by atoms with Gasteiger partial charge >= 0.3 is 0 Å². The van der Waals surface area contributed by atoms with Crippen molar-refractivity contribution in [3.05, 3.63) is 36.0 Å². The average Bonchev–Trinajstić information content (AvgIpc) is 2.69. The summed E-state index contributed by atoms with van der Waals surface area (Å²) in [6.07, 6.45) is 6.42. The van der Waals surface area contributed by atoms with E-state index in [4.69, 9.17) is 0 Å². The normalized spacial score (nSPS) is 15.7. The number of nitriles is 1. The Bertz CT molecular complexity index is 688. The summed E-state index contributed by atoms with van der Waals surface area (Å²) in [5.41, 5.74) is 1.59. The van der Waals surface area contributed by atoms with Gasteiger partial charge in [-0.15, -0.1) is 0 Å². The van der Waals surface area contributed by atoms with E-state index in [2.05, 4.69) is 6.07 Å². The Morgan fingerprint density at radius 1 is 1.14 bits per heavy atom. The molecule has 0 bridgehead atoms. The Morgan fingerprint density at radius 3 is 2.57 bits per heavy atom. The number of fused-ring (bicyclic) bond motifs is 1. The molecule has 1 aliphatic rings. The number of benzene rings is 1. The summed E-state index contributed by atoms with van der Waals surface area (Å²) >= 11 is 0. The predicted octanol–water partition coefficient (Wildman–Crippen LogP) is 2.92. The van der Waals surface area contributed by atoms with Gasteiger partial charge in [-0.3, -0.25) is 4.79 Å². The zero-order valence-corrected chi connectivity index (χ0v) is 12.1. The highest BCUT2D eigenvalue weighted by Gasteiger charge is 2.17. The van der Waals surface area contributed by atoms with Crippen molar-refractivity contribution in [2.24, 2.45) is 0 Å². The maximum atomic E-state index is 12.5. The molecule has 0 N–H and O–H groups in total. The van der Waals surface area contributed by atoms with Crippen molar-refractivity contribution in [3.8, 4) is 6.07 Å². The van der Waals surface area contributed by atoms with E-state index in [-0.39, 0.29) is 5.91 Å². The number of carbonyl (C=O) groups is 1. The Kier molecular flexibility index (Phi) is 3.92. The second-order valence-corrected chi connectivity index (χ2v) is 5.59. The van der Waals surface area contributed by atoms with Crippen molar-refractivity contribution in [2.75, 3.05) is 13.1 Å². The molecule has 2 aromatic rings. The molecular weight excluding hydrogens is 262 g/mol. The lowest BCUT2D eigenvalue weighted by Crippen LogP contribution is -2.34. The first-order chi connectivity index (χ1) is 10.3. The number of nitrogens with zero attached hydrogens (tertiary/aromatic N) is 3. The molecule has 21 heavy (non-hydrogen) atoms. The minimum absolute atomic E-state index is 0.155. The summed E-state index contributed by atoms with van der Waals surface area (Å²) in [5.74, 6) is 0.155. The van der Waals surface area contributed by atoms with Crippen LogP contribution in [0.5, 0.6) is 0 Å². The number of para-hydroxylation sites is 1. The van der Waals surface area contributed by atoms with E-state index >= 15 is 0 Å². The highest BCUT2D eigenvalue weighted by Crippen LogP contribution is 2.21. The zero-order valence-electron chi connectivity index (χ0n) is 12.1. The van der Waals surface area contributed by atoms with Crippen molar-refractivity contribution in [1.29, 1.82) is 5.26 Å². The smallest absolute Gasteiger partial charge is 0.242 e. The van der Waals surface area contributed by atoms with Gasteiger partial charge in [-0.05, 0) is 18.9 Å². The van der Waals surface area contributed by atoms with Gasteiger partial charge in [-0.1, -0.05) is 31.0 Å². The molecule has 1 saturated heterocycles. The fourth-order valence-corrected chi connectivity index (χ4v) is 3.03. The SMILES string of the molecule is N#Cc1cn(CC(=O)N2CCCCCC2)c2ccccc12. The highest BCUT2D eigenvalue weighted by molar-refractivity contribution is 5.88. The van der Waals surface area contributed by atoms with Crippen LogP contribution in [0.3, 0.4) is 0 Å². The second-order valence-electron chi connectivity index (χ2n) is 5.59. The fourth-order valence-electron chi connectivity index (χ4n) is 3.03. The van der Waals surface area contributed by atoms with Gasteiger partial charge in [0.05, 0.1) is 5.56 Å². The number of amides is 1. The van der Waals surface area contributed by atoms with E-state index in [9.17, 15) is 10.1 Å². The van der Waals surface area contributed by atoms with Gasteiger partial charge in [-0.2, -0.15) is 5.26 Å². The van der Waals surface area contributed by atoms with Crippen LogP contribution in [0.2, 0.25) is 0 Å². The van der Waals surface area contributed by atoms with Crippen molar-refractivity contribution < 1.29 is 4.79 Å². The molecule has 0 spiro atoms. The molecule has 1 aliphatic heterocycles. The molecule has 0 aliphatic carbocycles. The van der Waals surface area contributed by atoms with E-state index < -0.39 is 0 Å². The van der Waals surface area contributed by atoms with E-state index in [0.29, 0.717) is 12.1 Å². The van der Waals surface area contributed by atoms with Crippen LogP contribution < -0.4 is 0 Å². The summed E-state index contributed by atoms with van der Waals surface area (Å²) < 4.78 is 1.90. The van der Waals surface area contributed by atoms with Gasteiger partial charge < -0.3 is 9.47 Å². The Hall–Kier alpha value is -2.28. The minimum Gasteiger partial charge on any atom is -0.341 e. The maximum Gasteiger partial charge on any atom is 0.242 e. The summed E-state index contributed by atoms with van der Waals surface area (Å²) in [6, 6.07) is 9.96. The van der Waals surface area contributed by atoms with Crippen LogP contribution >= 0.6 is 0 Å². The van der Waals surface area contributed by atoms with E-state index in [1.165, 1.54) is 12.8 Å². The van der Waals surface area contributed by atoms with Crippen molar-refractivity contribution in [3.63, 3.8) is 0 Å². The van der Waals surface area contributed by atoms with Crippen LogP contribution in [0.25, 0.3) is 10.9 Å². The minimum atomic E-state index is 0.155. The third-order valence-electron chi connectivity index (χ3n) is 4.17. The van der Waals surface area contributed by atoms with Crippen LogP contribution in [0, 0.1) is 11.3 Å². The second kappa shape index (κ2) is 6.01. The molecule has 3 rings (SSSR count). The lowest BCUT2D eigenvalue weighted by Gasteiger charge is -2.20. The van der Waals surface area contributed by atoms with E-state index in [1.54, 1.807) is 6.20 Å². The van der Waals surface area contributed by atoms with E-state index in [0.717, 1.165) is 36.8 Å². The Balaban J connectivity index is 1.84. The number of carbonyl (C=O) groups excluding carboxylic acids is 1. The molecule has 2 heterocycles. The lowest BCUT2D eigenvalue weighted by atomic mass is 10.2. The standard InChI is InChI=1S/C17H19N3O/c18-11-14-12-20(16-8-4-3-7-15(14)16)13-17(21)19-9-5-1-2-6-10-19/h3-4,7-8,12H,1-2,5-6,9-10,13H2. The van der Waals surface area contributed by atoms with Gasteiger partial charge in [0.25, 0.3) is 0 Å². The van der Waals surface area contributed by atoms with Gasteiger partial charge in [-0.25, -0.2) is 0 Å². The number of likely N-dealkylation sites (tertiary alicyclic amines) is 1. The van der Waals surface area contributed by atoms with Gasteiger partial charge in [0.2, 0.25) is 5.91 Å². The molecular formula is C17H19N3O. The topological polar surface area (TPSA) is 49.0 Å². The molecule has 1 aromatic carbocycles. The van der Waals surface area contributed by atoms with E-state index in [1.807, 2.05) is 33.7 Å². The van der Waals surface area contributed by atoms with Gasteiger partial charge in [0, 0.05) is 30.2 Å². The third kappa shape index (κ3) is 2.78. The molecule has 1 fully saturated rings. The van der Waals surface area contributed by atoms with Gasteiger partial charge in [0.15, 0.2) is 0 Å². The quantitative estimate of drug-likeness (QED) is 0.849. The van der Waals surface area contributed by atoms with Crippen LogP contribution in [-0.4, -0.2) is 28.5 Å². The van der Waals surface area contributed by atoms with Crippen LogP contribution in [0.4, 0.5) is 0 Å². The molecule has 1 amide bonds. The molecule has 4 heteroatoms. The molecule has 0 radical (unpaired) electrons. The fraction of sp³-hybridized carbons (Fsp3) is 0.412. The average molecular weight is 281 g/mol. The zero-order chi connectivity index (χ0) is 14.7. The maximum absolute atomic E-state index is 12.5. The van der Waals surface area contributed by atoms with Gasteiger partial charge in [0.1, 0.15) is 12.6 Å². The first kappa shape index (κ1) is 13.7. The molecule has 108 valence electrons. The lowest BCUT2D eigenvalue weighted by molar-refractivity contribution is -0.131. The predicted molar refractivity (Wildman–Crippen MR) is 81.7 cm³/mol. The summed E-state index contributed by atoms with van der Waals surface area (Å²) in [6.45, 7) is 2.05. The van der Waals surface area contributed by atoms with Crippen molar-refractivity contribution in [2.45, 2.75) is 32.2 Å². The largest absolute Gasteiger partial charge is 0.341 e. The molecule has 0 atom stereocenters. The van der Waals surface area contributed by atoms with Crippen LogP contribution in [0.15, 0.2) is 30.5 Å². The molecule has 0 unspecified atom stereocenters. The Labute approximate surface area is 124 Å². The summed E-state index contributed by atoms with van der Waals surface area (Å²) in [4.78, 5) is 14.4. The summed E-state index contributed by atoms with van der Waals surface area (Å²) in [7, 11) is 0. The third-order valence-corrected chi connectivity index (χ3v) is 4.17. The monoisotopic (exact) mass is 281 g/mol. The number of hydrogen-bond donors (Lipinski definition) is 0. The first-order valence-corrected chi connectivity index (χ1v) is 7.55. The number of rotatable bonds is 2. The first-order valence-electron chi connectivity index (χ1n) is 7.55. The summed E-state index contributed by atoms with van der Waals surface area (Å²) in [5, 5.41) is 10.1. The van der Waals surface area contributed by atoms with Crippen molar-refractivity contribution in [1.82, 2.24) is 9.47 Å². The molecule has 1 aromatic heterocycles. The molecule has 0 saturated carbocycles. The van der Waals surface area contributed by atoms with Crippen LogP contribution in [-0.2, 0) is 11.3 Å². The molecule has 4 nitrogen and oxygen atoms in total. The highest BCUT2D eigenvalue weighted by atomic mass is 16.2. The number of aromatic nitrogens is 1. The van der Waals surface area contributed by atoms with Crippen LogP contribution in [0.1, 0.15) is 31.2 Å². The van der Waals surface area contributed by atoms with Crippen molar-refractivity contribution >= 4 is 16.8 Å².